The van der Waals surface area contributed by atoms with Crippen molar-refractivity contribution in [2.24, 2.45) is 7.05 Å². The zero-order valence-electron chi connectivity index (χ0n) is 18.6. The van der Waals surface area contributed by atoms with Gasteiger partial charge in [-0.3, -0.25) is 9.59 Å². The van der Waals surface area contributed by atoms with E-state index < -0.39 is 0 Å². The van der Waals surface area contributed by atoms with Gasteiger partial charge in [-0.2, -0.15) is 5.10 Å². The van der Waals surface area contributed by atoms with E-state index in [1.54, 1.807) is 13.2 Å². The number of amides is 1. The largest absolute Gasteiger partial charge is 0.368 e. The number of nitrogens with zero attached hydrogens (tertiary/aromatic N) is 5. The fraction of sp³-hybridized carbons (Fsp3) is 0.320. The first-order chi connectivity index (χ1) is 16.0. The quantitative estimate of drug-likeness (QED) is 0.453. The number of anilines is 1. The molecule has 0 unspecified atom stereocenters. The van der Waals surface area contributed by atoms with Crippen LogP contribution in [0.5, 0.6) is 0 Å². The van der Waals surface area contributed by atoms with Gasteiger partial charge < -0.3 is 14.4 Å². The molecule has 4 aromatic rings. The van der Waals surface area contributed by atoms with Gasteiger partial charge in [0, 0.05) is 73.2 Å². The summed E-state index contributed by atoms with van der Waals surface area (Å²) in [4.78, 5) is 29.9. The zero-order chi connectivity index (χ0) is 22.9. The van der Waals surface area contributed by atoms with Crippen LogP contribution in [-0.4, -0.2) is 51.3 Å². The first-order valence-corrected chi connectivity index (χ1v) is 11.6. The summed E-state index contributed by atoms with van der Waals surface area (Å²) in [5.41, 5.74) is 2.63. The highest BCUT2D eigenvalue weighted by Gasteiger charge is 2.21. The van der Waals surface area contributed by atoms with Crippen LogP contribution in [0, 0.1) is 0 Å². The molecule has 0 atom stereocenters. The highest BCUT2D eigenvalue weighted by atomic mass is 35.5. The molecular formula is C25H26ClN5O2. The van der Waals surface area contributed by atoms with Gasteiger partial charge >= 0.3 is 0 Å². The molecule has 0 radical (unpaired) electrons. The number of aryl methyl sites for hydroxylation is 2. The maximum absolute atomic E-state index is 12.9. The summed E-state index contributed by atoms with van der Waals surface area (Å²) >= 11 is 6.12. The van der Waals surface area contributed by atoms with E-state index in [4.69, 9.17) is 11.6 Å². The average molecular weight is 464 g/mol. The molecule has 33 heavy (non-hydrogen) atoms. The SMILES string of the molecule is Cn1ncc2c3ccccc3n(CCCC(=O)N3CCN(c4cccc(Cl)c4)CC3)c2c1=O. The molecule has 0 saturated carbocycles. The molecule has 1 amide bonds. The normalized spacial score (nSPS) is 14.4. The van der Waals surface area contributed by atoms with Crippen molar-refractivity contribution in [2.45, 2.75) is 19.4 Å². The van der Waals surface area contributed by atoms with Crippen LogP contribution >= 0.6 is 11.6 Å². The fourth-order valence-electron chi connectivity index (χ4n) is 4.71. The Bertz CT molecular complexity index is 1380. The van der Waals surface area contributed by atoms with Crippen LogP contribution in [0.15, 0.2) is 59.5 Å². The summed E-state index contributed by atoms with van der Waals surface area (Å²) in [6, 6.07) is 15.8. The number of halogens is 1. The van der Waals surface area contributed by atoms with Crippen molar-refractivity contribution in [1.82, 2.24) is 19.2 Å². The van der Waals surface area contributed by atoms with Crippen LogP contribution in [0.25, 0.3) is 21.8 Å². The molecule has 2 aromatic carbocycles. The Balaban J connectivity index is 1.25. The van der Waals surface area contributed by atoms with Crippen molar-refractivity contribution in [3.05, 3.63) is 70.1 Å². The standard InChI is InChI=1S/C25H26ClN5O2/c1-28-25(33)24-21(17-27-28)20-8-2-3-9-22(20)31(24)11-5-10-23(32)30-14-12-29(13-15-30)19-7-4-6-18(26)16-19/h2-4,6-9,16-17H,5,10-15H2,1H3. The van der Waals surface area contributed by atoms with Gasteiger partial charge in [-0.05, 0) is 30.7 Å². The van der Waals surface area contributed by atoms with E-state index in [1.807, 2.05) is 51.9 Å². The van der Waals surface area contributed by atoms with E-state index in [1.165, 1.54) is 4.68 Å². The number of carbonyl (C=O) groups is 1. The number of hydrogen-bond acceptors (Lipinski definition) is 4. The Kier molecular flexibility index (Phi) is 5.81. The van der Waals surface area contributed by atoms with Crippen LogP contribution in [0.3, 0.4) is 0 Å². The van der Waals surface area contributed by atoms with Gasteiger partial charge in [0.15, 0.2) is 0 Å². The molecule has 3 heterocycles. The lowest BCUT2D eigenvalue weighted by Crippen LogP contribution is -2.48. The number of para-hydroxylation sites is 1. The summed E-state index contributed by atoms with van der Waals surface area (Å²) < 4.78 is 3.40. The number of piperazine rings is 1. The van der Waals surface area contributed by atoms with Crippen molar-refractivity contribution >= 4 is 45.0 Å². The lowest BCUT2D eigenvalue weighted by molar-refractivity contribution is -0.131. The van der Waals surface area contributed by atoms with Crippen molar-refractivity contribution in [2.75, 3.05) is 31.1 Å². The second-order valence-corrected chi connectivity index (χ2v) is 8.89. The second kappa shape index (κ2) is 8.90. The number of hydrogen-bond donors (Lipinski definition) is 0. The molecule has 1 aliphatic rings. The Morgan fingerprint density at radius 2 is 1.82 bits per heavy atom. The number of fused-ring (bicyclic) bond motifs is 3. The molecule has 7 nitrogen and oxygen atoms in total. The molecule has 0 aliphatic carbocycles. The zero-order valence-corrected chi connectivity index (χ0v) is 19.3. The molecular weight excluding hydrogens is 438 g/mol. The third-order valence-electron chi connectivity index (χ3n) is 6.44. The molecule has 0 spiro atoms. The first-order valence-electron chi connectivity index (χ1n) is 11.2. The van der Waals surface area contributed by atoms with Crippen LogP contribution in [0.1, 0.15) is 12.8 Å². The van der Waals surface area contributed by atoms with Crippen molar-refractivity contribution in [1.29, 1.82) is 0 Å². The van der Waals surface area contributed by atoms with Crippen molar-refractivity contribution in [3.63, 3.8) is 0 Å². The third kappa shape index (κ3) is 4.09. The van der Waals surface area contributed by atoms with Gasteiger partial charge in [0.05, 0.1) is 6.20 Å². The molecule has 0 N–H and O–H groups in total. The lowest BCUT2D eigenvalue weighted by atomic mass is 10.2. The van der Waals surface area contributed by atoms with Crippen LogP contribution in [-0.2, 0) is 18.4 Å². The molecule has 0 bridgehead atoms. The third-order valence-corrected chi connectivity index (χ3v) is 6.68. The molecule has 2 aromatic heterocycles. The maximum atomic E-state index is 12.9. The fourth-order valence-corrected chi connectivity index (χ4v) is 4.89. The van der Waals surface area contributed by atoms with E-state index in [-0.39, 0.29) is 11.5 Å². The first kappa shape index (κ1) is 21.5. The van der Waals surface area contributed by atoms with Gasteiger partial charge in [-0.25, -0.2) is 4.68 Å². The molecule has 5 rings (SSSR count). The van der Waals surface area contributed by atoms with E-state index in [0.717, 1.165) is 40.1 Å². The Morgan fingerprint density at radius 3 is 2.61 bits per heavy atom. The van der Waals surface area contributed by atoms with E-state index >= 15 is 0 Å². The van der Waals surface area contributed by atoms with Gasteiger partial charge in [0.2, 0.25) is 5.91 Å². The van der Waals surface area contributed by atoms with Gasteiger partial charge in [0.1, 0.15) is 5.52 Å². The molecule has 1 aliphatic heterocycles. The van der Waals surface area contributed by atoms with Crippen LogP contribution in [0.2, 0.25) is 5.02 Å². The smallest absolute Gasteiger partial charge is 0.291 e. The summed E-state index contributed by atoms with van der Waals surface area (Å²) in [5, 5.41) is 6.79. The van der Waals surface area contributed by atoms with E-state index in [0.29, 0.717) is 38.0 Å². The second-order valence-electron chi connectivity index (χ2n) is 8.46. The predicted molar refractivity (Wildman–Crippen MR) is 132 cm³/mol. The predicted octanol–water partition coefficient (Wildman–Crippen LogP) is 3.67. The van der Waals surface area contributed by atoms with Crippen LogP contribution in [0.4, 0.5) is 5.69 Å². The summed E-state index contributed by atoms with van der Waals surface area (Å²) in [7, 11) is 1.66. The Hall–Kier alpha value is -3.32. The average Bonchev–Trinajstić information content (AvgIpc) is 3.16. The van der Waals surface area contributed by atoms with Gasteiger partial charge in [0.25, 0.3) is 5.56 Å². The number of benzene rings is 2. The minimum absolute atomic E-state index is 0.118. The van der Waals surface area contributed by atoms with E-state index in [9.17, 15) is 9.59 Å². The minimum atomic E-state index is -0.118. The molecule has 8 heteroatoms. The van der Waals surface area contributed by atoms with E-state index in [2.05, 4.69) is 16.1 Å². The van der Waals surface area contributed by atoms with Crippen molar-refractivity contribution in [3.8, 4) is 0 Å². The van der Waals surface area contributed by atoms with Crippen molar-refractivity contribution < 1.29 is 4.79 Å². The number of rotatable bonds is 5. The number of aromatic nitrogens is 3. The topological polar surface area (TPSA) is 63.4 Å². The minimum Gasteiger partial charge on any atom is -0.368 e. The Morgan fingerprint density at radius 1 is 1.03 bits per heavy atom. The molecule has 1 saturated heterocycles. The summed E-state index contributed by atoms with van der Waals surface area (Å²) in [6.45, 7) is 3.60. The Labute approximate surface area is 196 Å². The summed E-state index contributed by atoms with van der Waals surface area (Å²) in [6.07, 6.45) is 2.88. The highest BCUT2D eigenvalue weighted by molar-refractivity contribution is 6.30. The highest BCUT2D eigenvalue weighted by Crippen LogP contribution is 2.27. The molecule has 170 valence electrons. The van der Waals surface area contributed by atoms with Gasteiger partial charge in [-0.1, -0.05) is 35.9 Å². The number of carbonyl (C=O) groups excluding carboxylic acids is 1. The van der Waals surface area contributed by atoms with Gasteiger partial charge in [-0.15, -0.1) is 0 Å². The summed E-state index contributed by atoms with van der Waals surface area (Å²) in [5.74, 6) is 0.163. The molecule has 1 fully saturated rings. The maximum Gasteiger partial charge on any atom is 0.291 e. The van der Waals surface area contributed by atoms with Crippen LogP contribution < -0.4 is 10.5 Å². The monoisotopic (exact) mass is 463 g/mol. The lowest BCUT2D eigenvalue weighted by Gasteiger charge is -2.36.